The minimum absolute atomic E-state index is 0.0844. The lowest BCUT2D eigenvalue weighted by atomic mass is 10.2. The average molecular weight is 446 g/mol. The van der Waals surface area contributed by atoms with Gasteiger partial charge in [0.05, 0.1) is 27.7 Å². The summed E-state index contributed by atoms with van der Waals surface area (Å²) in [7, 11) is -3.18. The van der Waals surface area contributed by atoms with Crippen molar-refractivity contribution in [2.24, 2.45) is 5.92 Å². The van der Waals surface area contributed by atoms with Crippen LogP contribution in [0, 0.1) is 5.92 Å². The van der Waals surface area contributed by atoms with Gasteiger partial charge >= 0.3 is 6.09 Å². The number of fused-ring (bicyclic) bond motifs is 1. The van der Waals surface area contributed by atoms with Crippen molar-refractivity contribution in [3.05, 3.63) is 39.4 Å². The first-order chi connectivity index (χ1) is 13.3. The average Bonchev–Trinajstić information content (AvgIpc) is 2.54. The van der Waals surface area contributed by atoms with Crippen molar-refractivity contribution in [2.45, 2.75) is 46.7 Å². The number of carbonyl (C=O) groups is 1. The number of sulfone groups is 1. The Morgan fingerprint density at radius 2 is 1.86 bits per heavy atom. The molecule has 0 radical (unpaired) electrons. The van der Waals surface area contributed by atoms with E-state index >= 15 is 0 Å². The lowest BCUT2D eigenvalue weighted by molar-refractivity contribution is 0.190. The molecule has 0 fully saturated rings. The van der Waals surface area contributed by atoms with E-state index in [1.165, 1.54) is 4.57 Å². The lowest BCUT2D eigenvalue weighted by Gasteiger charge is -2.18. The van der Waals surface area contributed by atoms with Crippen LogP contribution in [0.15, 0.2) is 23.0 Å². The normalized spacial score (nSPS) is 12.4. The summed E-state index contributed by atoms with van der Waals surface area (Å²) in [5.41, 5.74) is -0.0796. The Hall–Kier alpha value is -2.13. The van der Waals surface area contributed by atoms with E-state index in [9.17, 15) is 18.0 Å². The number of carboxylic acid groups (broad SMARTS) is 1. The highest BCUT2D eigenvalue weighted by Gasteiger charge is 2.19. The first-order valence-corrected chi connectivity index (χ1v) is 11.6. The van der Waals surface area contributed by atoms with Gasteiger partial charge in [0.1, 0.15) is 15.7 Å². The summed E-state index contributed by atoms with van der Waals surface area (Å²) in [6, 6.07) is 4.06. The highest BCUT2D eigenvalue weighted by molar-refractivity contribution is 7.90. The first-order valence-electron chi connectivity index (χ1n) is 9.19. The van der Waals surface area contributed by atoms with Gasteiger partial charge in [-0.2, -0.15) is 0 Å². The maximum absolute atomic E-state index is 12.8. The van der Waals surface area contributed by atoms with Crippen molar-refractivity contribution in [2.75, 3.05) is 12.0 Å². The summed E-state index contributed by atoms with van der Waals surface area (Å²) >= 11 is 6.10. The fourth-order valence-corrected chi connectivity index (χ4v) is 3.43. The molecule has 10 heteroatoms. The van der Waals surface area contributed by atoms with Crippen molar-refractivity contribution in [3.63, 3.8) is 0 Å². The number of rotatable bonds is 6. The second-order valence-corrected chi connectivity index (χ2v) is 10.1. The Balaban J connectivity index is 0.000000960. The largest absolute Gasteiger partial charge is 0.465 e. The van der Waals surface area contributed by atoms with Crippen LogP contribution in [0.25, 0.3) is 10.9 Å². The van der Waals surface area contributed by atoms with E-state index in [0.717, 1.165) is 12.2 Å². The Morgan fingerprint density at radius 3 is 2.38 bits per heavy atom. The Labute approximate surface area is 175 Å². The van der Waals surface area contributed by atoms with Crippen LogP contribution in [-0.4, -0.2) is 41.2 Å². The van der Waals surface area contributed by atoms with E-state index in [2.05, 4.69) is 31.1 Å². The molecule has 0 saturated heterocycles. The summed E-state index contributed by atoms with van der Waals surface area (Å²) in [4.78, 5) is 28.1. The molecule has 0 bridgehead atoms. The smallest absolute Gasteiger partial charge is 0.405 e. The molecule has 0 aliphatic rings. The molecule has 162 valence electrons. The molecule has 1 atom stereocenters. The van der Waals surface area contributed by atoms with Gasteiger partial charge in [0, 0.05) is 12.8 Å². The SMILES string of the molecule is CC(C)C.CC(NC(=O)O)c1nc2cccc(Cl)c2c(=O)n1CCCS(C)(=O)=O. The zero-order valence-electron chi connectivity index (χ0n) is 17.3. The van der Waals surface area contributed by atoms with Crippen molar-refractivity contribution >= 4 is 38.4 Å². The fraction of sp³-hybridized carbons (Fsp3) is 0.526. The van der Waals surface area contributed by atoms with Crippen LogP contribution in [-0.2, 0) is 16.4 Å². The molecular formula is C19H28ClN3O5S. The standard InChI is InChI=1S/C15H18ClN3O5S.C4H10/c1-9(17-15(21)22)13-18-11-6-3-5-10(16)12(11)14(20)19(13)7-4-8-25(2,23)24;1-4(2)3/h3,5-6,9,17H,4,7-8H2,1-2H3,(H,21,22);4H,1-3H3. The topological polar surface area (TPSA) is 118 Å². The number of nitrogens with zero attached hydrogens (tertiary/aromatic N) is 2. The predicted molar refractivity (Wildman–Crippen MR) is 115 cm³/mol. The highest BCUT2D eigenvalue weighted by Crippen LogP contribution is 2.21. The van der Waals surface area contributed by atoms with Crippen LogP contribution in [0.5, 0.6) is 0 Å². The van der Waals surface area contributed by atoms with Crippen LogP contribution in [0.3, 0.4) is 0 Å². The third kappa shape index (κ3) is 8.02. The Morgan fingerprint density at radius 1 is 1.28 bits per heavy atom. The zero-order valence-corrected chi connectivity index (χ0v) is 18.8. The van der Waals surface area contributed by atoms with E-state index in [0.29, 0.717) is 5.52 Å². The fourth-order valence-electron chi connectivity index (χ4n) is 2.52. The van der Waals surface area contributed by atoms with Gasteiger partial charge in [0.25, 0.3) is 5.56 Å². The van der Waals surface area contributed by atoms with Gasteiger partial charge in [-0.3, -0.25) is 9.36 Å². The Bertz CT molecular complexity index is 1020. The summed E-state index contributed by atoms with van der Waals surface area (Å²) in [5, 5.41) is 11.6. The second kappa shape index (κ2) is 10.6. The van der Waals surface area contributed by atoms with E-state index in [-0.39, 0.29) is 35.0 Å². The zero-order chi connectivity index (χ0) is 22.4. The molecule has 0 aliphatic carbocycles. The number of benzene rings is 1. The molecule has 0 spiro atoms. The molecule has 1 heterocycles. The predicted octanol–water partition coefficient (Wildman–Crippen LogP) is 3.48. The molecule has 1 aromatic heterocycles. The highest BCUT2D eigenvalue weighted by atomic mass is 35.5. The molecule has 0 saturated carbocycles. The van der Waals surface area contributed by atoms with Crippen LogP contribution < -0.4 is 10.9 Å². The number of hydrogen-bond acceptors (Lipinski definition) is 5. The molecule has 1 unspecified atom stereocenters. The Kier molecular flexibility index (Phi) is 9.10. The van der Waals surface area contributed by atoms with Gasteiger partial charge in [-0.15, -0.1) is 0 Å². The molecule has 2 N–H and O–H groups in total. The van der Waals surface area contributed by atoms with Gasteiger partial charge in [0.15, 0.2) is 0 Å². The lowest BCUT2D eigenvalue weighted by Crippen LogP contribution is -2.33. The molecule has 2 aromatic rings. The van der Waals surface area contributed by atoms with Gasteiger partial charge < -0.3 is 10.4 Å². The van der Waals surface area contributed by atoms with E-state index in [1.54, 1.807) is 25.1 Å². The minimum atomic E-state index is -3.18. The molecule has 1 aromatic carbocycles. The minimum Gasteiger partial charge on any atom is -0.465 e. The molecule has 2 rings (SSSR count). The molecular weight excluding hydrogens is 418 g/mol. The van der Waals surface area contributed by atoms with Gasteiger partial charge in [-0.25, -0.2) is 18.2 Å². The van der Waals surface area contributed by atoms with Crippen molar-refractivity contribution < 1.29 is 18.3 Å². The van der Waals surface area contributed by atoms with E-state index < -0.39 is 27.5 Å². The van der Waals surface area contributed by atoms with Gasteiger partial charge in [-0.05, 0) is 31.4 Å². The number of hydrogen-bond donors (Lipinski definition) is 2. The summed E-state index contributed by atoms with van der Waals surface area (Å²) in [6.45, 7) is 8.14. The number of amides is 1. The molecule has 0 aliphatic heterocycles. The van der Waals surface area contributed by atoms with Crippen LogP contribution in [0.2, 0.25) is 5.02 Å². The second-order valence-electron chi connectivity index (χ2n) is 7.45. The summed E-state index contributed by atoms with van der Waals surface area (Å²) in [6.07, 6.45) is 0.0554. The number of halogens is 1. The van der Waals surface area contributed by atoms with Crippen LogP contribution in [0.4, 0.5) is 4.79 Å². The van der Waals surface area contributed by atoms with E-state index in [1.807, 2.05) is 0 Å². The summed E-state index contributed by atoms with van der Waals surface area (Å²) in [5.74, 6) is 0.941. The van der Waals surface area contributed by atoms with Crippen molar-refractivity contribution in [1.29, 1.82) is 0 Å². The third-order valence-electron chi connectivity index (χ3n) is 3.59. The van der Waals surface area contributed by atoms with Gasteiger partial charge in [-0.1, -0.05) is 38.4 Å². The third-order valence-corrected chi connectivity index (χ3v) is 4.93. The monoisotopic (exact) mass is 445 g/mol. The molecule has 8 nitrogen and oxygen atoms in total. The first kappa shape index (κ1) is 24.9. The quantitative estimate of drug-likeness (QED) is 0.702. The molecule has 29 heavy (non-hydrogen) atoms. The van der Waals surface area contributed by atoms with Gasteiger partial charge in [0.2, 0.25) is 0 Å². The maximum Gasteiger partial charge on any atom is 0.405 e. The van der Waals surface area contributed by atoms with Crippen LogP contribution >= 0.6 is 11.6 Å². The van der Waals surface area contributed by atoms with Crippen molar-refractivity contribution in [3.8, 4) is 0 Å². The van der Waals surface area contributed by atoms with Crippen molar-refractivity contribution in [1.82, 2.24) is 14.9 Å². The van der Waals surface area contributed by atoms with E-state index in [4.69, 9.17) is 16.7 Å². The number of nitrogens with one attached hydrogen (secondary N) is 1. The summed E-state index contributed by atoms with van der Waals surface area (Å²) < 4.78 is 23.9. The van der Waals surface area contributed by atoms with Crippen LogP contribution in [0.1, 0.15) is 46.0 Å². The molecule has 1 amide bonds. The number of aromatic nitrogens is 2. The maximum atomic E-state index is 12.8.